The van der Waals surface area contributed by atoms with Crippen molar-refractivity contribution in [3.8, 4) is 0 Å². The van der Waals surface area contributed by atoms with Crippen LogP contribution in [0.2, 0.25) is 0 Å². The molecular formula is C9H6ClN2. The first kappa shape index (κ1) is 7.37. The van der Waals surface area contributed by atoms with E-state index in [0.717, 1.165) is 11.3 Å². The molecule has 1 aromatic carbocycles. The van der Waals surface area contributed by atoms with Gasteiger partial charge in [0.1, 0.15) is 12.0 Å². The van der Waals surface area contributed by atoms with Crippen LogP contribution < -0.4 is 5.32 Å². The minimum absolute atomic E-state index is 0.459. The molecule has 0 spiro atoms. The van der Waals surface area contributed by atoms with Crippen LogP contribution in [0.5, 0.6) is 0 Å². The molecule has 1 radical (unpaired) electrons. The van der Waals surface area contributed by atoms with Crippen LogP contribution in [0.1, 0.15) is 5.56 Å². The Labute approximate surface area is 75.6 Å². The van der Waals surface area contributed by atoms with Crippen LogP contribution in [0, 0.1) is 0 Å². The van der Waals surface area contributed by atoms with E-state index < -0.39 is 0 Å². The standard InChI is InChI=1S/C9H6ClN2/c10-9-8(11-6-12-9)7-4-2-1-3-5-7/h1-6H. The molecule has 2 rings (SSSR count). The predicted octanol–water partition coefficient (Wildman–Crippen LogP) is 2.20. The van der Waals surface area contributed by atoms with E-state index in [-0.39, 0.29) is 0 Å². The van der Waals surface area contributed by atoms with E-state index in [2.05, 4.69) is 10.3 Å². The van der Waals surface area contributed by atoms with Crippen LogP contribution in [-0.2, 0) is 0 Å². The van der Waals surface area contributed by atoms with Gasteiger partial charge in [-0.05, 0) is 0 Å². The molecule has 0 amide bonds. The second-order valence-electron chi connectivity index (χ2n) is 2.38. The zero-order chi connectivity index (χ0) is 8.39. The predicted molar refractivity (Wildman–Crippen MR) is 49.8 cm³/mol. The fourth-order valence-corrected chi connectivity index (χ4v) is 1.24. The number of benzene rings is 1. The zero-order valence-corrected chi connectivity index (χ0v) is 6.99. The number of hydrogen-bond donors (Lipinski definition) is 0. The SMILES string of the molecule is ClC1=C(c2ccccc2)N=C[N]1. The van der Waals surface area contributed by atoms with Crippen molar-refractivity contribution in [1.82, 2.24) is 5.32 Å². The van der Waals surface area contributed by atoms with Crippen LogP contribution in [0.3, 0.4) is 0 Å². The van der Waals surface area contributed by atoms with E-state index in [9.17, 15) is 0 Å². The Bertz CT molecular complexity index is 341. The van der Waals surface area contributed by atoms with Crippen LogP contribution in [0.25, 0.3) is 5.70 Å². The van der Waals surface area contributed by atoms with Crippen molar-refractivity contribution in [2.24, 2.45) is 4.99 Å². The Morgan fingerprint density at radius 1 is 1.08 bits per heavy atom. The summed E-state index contributed by atoms with van der Waals surface area (Å²) in [5.74, 6) is 0. The topological polar surface area (TPSA) is 26.5 Å². The molecule has 59 valence electrons. The largest absolute Gasteiger partial charge is 0.233 e. The van der Waals surface area contributed by atoms with Gasteiger partial charge in [0, 0.05) is 5.56 Å². The molecule has 0 bridgehead atoms. The van der Waals surface area contributed by atoms with Gasteiger partial charge >= 0.3 is 0 Å². The first-order valence-electron chi connectivity index (χ1n) is 3.56. The summed E-state index contributed by atoms with van der Waals surface area (Å²) in [6.45, 7) is 0. The van der Waals surface area contributed by atoms with Gasteiger partial charge in [-0.1, -0.05) is 41.9 Å². The minimum Gasteiger partial charge on any atom is -0.233 e. The monoisotopic (exact) mass is 177 g/mol. The highest BCUT2D eigenvalue weighted by Crippen LogP contribution is 2.23. The second kappa shape index (κ2) is 2.99. The maximum absolute atomic E-state index is 5.80. The summed E-state index contributed by atoms with van der Waals surface area (Å²) < 4.78 is 0. The van der Waals surface area contributed by atoms with Crippen molar-refractivity contribution >= 4 is 23.6 Å². The lowest BCUT2D eigenvalue weighted by Crippen LogP contribution is -1.89. The molecule has 12 heavy (non-hydrogen) atoms. The van der Waals surface area contributed by atoms with Crippen LogP contribution in [0.4, 0.5) is 0 Å². The average Bonchev–Trinajstić information content (AvgIpc) is 2.53. The molecule has 0 unspecified atom stereocenters. The molecule has 2 nitrogen and oxygen atoms in total. The molecule has 3 heteroatoms. The van der Waals surface area contributed by atoms with E-state index in [1.54, 1.807) is 0 Å². The van der Waals surface area contributed by atoms with Gasteiger partial charge in [0.05, 0.1) is 0 Å². The minimum atomic E-state index is 0.459. The number of aliphatic imine (C=N–C) groups is 1. The maximum Gasteiger partial charge on any atom is 0.157 e. The van der Waals surface area contributed by atoms with Crippen LogP contribution in [-0.4, -0.2) is 6.34 Å². The summed E-state index contributed by atoms with van der Waals surface area (Å²) in [5, 5.41) is 4.31. The van der Waals surface area contributed by atoms with Crippen molar-refractivity contribution in [2.45, 2.75) is 0 Å². The van der Waals surface area contributed by atoms with Crippen molar-refractivity contribution in [2.75, 3.05) is 0 Å². The van der Waals surface area contributed by atoms with Crippen molar-refractivity contribution in [3.63, 3.8) is 0 Å². The first-order chi connectivity index (χ1) is 5.88. The van der Waals surface area contributed by atoms with Gasteiger partial charge in [0.25, 0.3) is 0 Å². The van der Waals surface area contributed by atoms with E-state index in [1.165, 1.54) is 6.34 Å². The Kier molecular flexibility index (Phi) is 1.84. The molecule has 1 aromatic rings. The Morgan fingerprint density at radius 2 is 1.83 bits per heavy atom. The van der Waals surface area contributed by atoms with E-state index >= 15 is 0 Å². The highest BCUT2D eigenvalue weighted by atomic mass is 35.5. The van der Waals surface area contributed by atoms with Crippen molar-refractivity contribution < 1.29 is 0 Å². The number of rotatable bonds is 1. The summed E-state index contributed by atoms with van der Waals surface area (Å²) >= 11 is 5.80. The lowest BCUT2D eigenvalue weighted by atomic mass is 10.2. The molecule has 0 aliphatic carbocycles. The quantitative estimate of drug-likeness (QED) is 0.588. The van der Waals surface area contributed by atoms with Gasteiger partial charge in [0.15, 0.2) is 5.16 Å². The van der Waals surface area contributed by atoms with Gasteiger partial charge in [-0.3, -0.25) is 0 Å². The van der Waals surface area contributed by atoms with Crippen LogP contribution >= 0.6 is 11.6 Å². The van der Waals surface area contributed by atoms with Crippen LogP contribution in [0.15, 0.2) is 40.5 Å². The van der Waals surface area contributed by atoms with E-state index in [4.69, 9.17) is 11.6 Å². The Hall–Kier alpha value is -1.28. The molecule has 0 aromatic heterocycles. The molecular weight excluding hydrogens is 172 g/mol. The lowest BCUT2D eigenvalue weighted by molar-refractivity contribution is 1.30. The zero-order valence-electron chi connectivity index (χ0n) is 6.24. The van der Waals surface area contributed by atoms with Crippen molar-refractivity contribution in [1.29, 1.82) is 0 Å². The Balaban J connectivity index is 2.44. The normalized spacial score (nSPS) is 15.1. The summed E-state index contributed by atoms with van der Waals surface area (Å²) in [7, 11) is 0. The molecule has 1 heterocycles. The van der Waals surface area contributed by atoms with E-state index in [0.29, 0.717) is 5.16 Å². The molecule has 0 fully saturated rings. The number of halogens is 1. The third-order valence-corrected chi connectivity index (χ3v) is 1.88. The third-order valence-electron chi connectivity index (χ3n) is 1.60. The highest BCUT2D eigenvalue weighted by molar-refractivity contribution is 6.33. The summed E-state index contributed by atoms with van der Waals surface area (Å²) in [4.78, 5) is 4.04. The second-order valence-corrected chi connectivity index (χ2v) is 2.74. The van der Waals surface area contributed by atoms with Crippen molar-refractivity contribution in [3.05, 3.63) is 41.1 Å². The third kappa shape index (κ3) is 1.21. The van der Waals surface area contributed by atoms with Gasteiger partial charge in [-0.25, -0.2) is 10.3 Å². The summed E-state index contributed by atoms with van der Waals surface area (Å²) in [6, 6.07) is 9.75. The number of nitrogens with zero attached hydrogens (tertiary/aromatic N) is 2. The maximum atomic E-state index is 5.80. The molecule has 0 saturated carbocycles. The van der Waals surface area contributed by atoms with Gasteiger partial charge < -0.3 is 0 Å². The summed E-state index contributed by atoms with van der Waals surface area (Å²) in [5.41, 5.74) is 1.75. The highest BCUT2D eigenvalue weighted by Gasteiger charge is 2.10. The fourth-order valence-electron chi connectivity index (χ4n) is 1.04. The van der Waals surface area contributed by atoms with Gasteiger partial charge in [-0.15, -0.1) is 0 Å². The summed E-state index contributed by atoms with van der Waals surface area (Å²) in [6.07, 6.45) is 1.46. The smallest absolute Gasteiger partial charge is 0.157 e. The molecule has 0 saturated heterocycles. The molecule has 1 aliphatic heterocycles. The Morgan fingerprint density at radius 3 is 2.42 bits per heavy atom. The van der Waals surface area contributed by atoms with Gasteiger partial charge in [-0.2, -0.15) is 0 Å². The molecule has 1 aliphatic rings. The average molecular weight is 178 g/mol. The lowest BCUT2D eigenvalue weighted by Gasteiger charge is -1.97. The van der Waals surface area contributed by atoms with Gasteiger partial charge in [0.2, 0.25) is 0 Å². The van der Waals surface area contributed by atoms with E-state index in [1.807, 2.05) is 30.3 Å². The first-order valence-corrected chi connectivity index (χ1v) is 3.94. The number of hydrogen-bond acceptors (Lipinski definition) is 1. The molecule has 0 atom stereocenters. The fraction of sp³-hybridized carbons (Fsp3) is 0. The molecule has 0 N–H and O–H groups in total.